The molecule has 0 fully saturated rings. The Morgan fingerprint density at radius 3 is 2.62 bits per heavy atom. The van der Waals surface area contributed by atoms with Gasteiger partial charge in [0.1, 0.15) is 11.5 Å². The maximum absolute atomic E-state index is 13.7. The van der Waals surface area contributed by atoms with E-state index in [1.807, 2.05) is 17.7 Å². The number of hydrogen-bond acceptors (Lipinski definition) is 8. The molecule has 34 heavy (non-hydrogen) atoms. The summed E-state index contributed by atoms with van der Waals surface area (Å²) in [7, 11) is 3.06. The fraction of sp³-hybridized carbons (Fsp3) is 0.333. The summed E-state index contributed by atoms with van der Waals surface area (Å²) in [6.45, 7) is 4.50. The van der Waals surface area contributed by atoms with Gasteiger partial charge >= 0.3 is 0 Å². The molecule has 1 atom stereocenters. The lowest BCUT2D eigenvalue weighted by Crippen LogP contribution is -2.32. The number of carbonyl (C=O) groups excluding carboxylic acids is 2. The molecular weight excluding hydrogens is 456 g/mol. The van der Waals surface area contributed by atoms with Gasteiger partial charge in [0.05, 0.1) is 47.7 Å². The zero-order valence-electron chi connectivity index (χ0n) is 19.4. The first-order valence-corrected chi connectivity index (χ1v) is 11.6. The van der Waals surface area contributed by atoms with Crippen LogP contribution >= 0.6 is 11.3 Å². The number of nitrogens with zero attached hydrogens (tertiary/aromatic N) is 4. The van der Waals surface area contributed by atoms with E-state index in [4.69, 9.17) is 9.47 Å². The van der Waals surface area contributed by atoms with Gasteiger partial charge in [-0.05, 0) is 38.5 Å². The molecule has 1 amide bonds. The predicted molar refractivity (Wildman–Crippen MR) is 126 cm³/mol. The SMILES string of the molecule is COc1ccc(OC)c([C@@H]2C(C(=O)c3sc(C)nc3C)=C(O)C(=O)N2CCCn2ccnc2)c1. The van der Waals surface area contributed by atoms with Gasteiger partial charge in [0.15, 0.2) is 5.76 Å². The summed E-state index contributed by atoms with van der Waals surface area (Å²) in [4.78, 5) is 37.2. The number of carbonyl (C=O) groups is 2. The summed E-state index contributed by atoms with van der Waals surface area (Å²) in [5, 5.41) is 11.7. The number of aliphatic hydroxyl groups excluding tert-OH is 1. The third-order valence-electron chi connectivity index (χ3n) is 5.76. The van der Waals surface area contributed by atoms with E-state index in [0.717, 1.165) is 5.01 Å². The molecule has 0 saturated heterocycles. The molecule has 0 bridgehead atoms. The molecule has 1 aliphatic rings. The Balaban J connectivity index is 1.78. The summed E-state index contributed by atoms with van der Waals surface area (Å²) < 4.78 is 12.9. The van der Waals surface area contributed by atoms with E-state index >= 15 is 0 Å². The fourth-order valence-corrected chi connectivity index (χ4v) is 5.07. The number of benzene rings is 1. The van der Waals surface area contributed by atoms with Gasteiger partial charge < -0.3 is 24.0 Å². The Kier molecular flexibility index (Phi) is 6.69. The molecule has 2 aromatic heterocycles. The van der Waals surface area contributed by atoms with E-state index in [0.29, 0.717) is 47.1 Å². The quantitative estimate of drug-likeness (QED) is 0.464. The lowest BCUT2D eigenvalue weighted by molar-refractivity contribution is -0.129. The fourth-order valence-electron chi connectivity index (χ4n) is 4.20. The van der Waals surface area contributed by atoms with E-state index in [9.17, 15) is 14.7 Å². The monoisotopic (exact) mass is 482 g/mol. The van der Waals surface area contributed by atoms with Crippen molar-refractivity contribution < 1.29 is 24.2 Å². The van der Waals surface area contributed by atoms with Crippen molar-refractivity contribution in [2.45, 2.75) is 32.9 Å². The maximum atomic E-state index is 13.7. The normalized spacial score (nSPS) is 15.8. The van der Waals surface area contributed by atoms with Crippen LogP contribution in [-0.4, -0.2) is 57.0 Å². The number of hydrogen-bond donors (Lipinski definition) is 1. The Labute approximate surface area is 201 Å². The van der Waals surface area contributed by atoms with E-state index < -0.39 is 23.5 Å². The van der Waals surface area contributed by atoms with E-state index in [2.05, 4.69) is 9.97 Å². The summed E-state index contributed by atoms with van der Waals surface area (Å²) in [6.07, 6.45) is 5.83. The zero-order chi connectivity index (χ0) is 24.4. The Hall–Kier alpha value is -3.66. The highest BCUT2D eigenvalue weighted by Crippen LogP contribution is 2.44. The number of imidazole rings is 1. The number of Topliss-reactive ketones (excluding diaryl/α,β-unsaturated/α-hetero) is 1. The number of amides is 1. The number of thiazole rings is 1. The molecule has 178 valence electrons. The van der Waals surface area contributed by atoms with Crippen LogP contribution in [0.2, 0.25) is 0 Å². The average Bonchev–Trinajstić information content (AvgIpc) is 3.53. The largest absolute Gasteiger partial charge is 0.503 e. The second kappa shape index (κ2) is 9.68. The van der Waals surface area contributed by atoms with Crippen LogP contribution in [0.1, 0.15) is 38.4 Å². The van der Waals surface area contributed by atoms with Crippen LogP contribution in [0.15, 0.2) is 48.3 Å². The molecule has 9 nitrogen and oxygen atoms in total. The molecule has 1 aromatic carbocycles. The topological polar surface area (TPSA) is 107 Å². The van der Waals surface area contributed by atoms with Crippen LogP contribution < -0.4 is 9.47 Å². The van der Waals surface area contributed by atoms with E-state index in [-0.39, 0.29) is 5.57 Å². The second-order valence-corrected chi connectivity index (χ2v) is 9.11. The summed E-state index contributed by atoms with van der Waals surface area (Å²) in [6, 6.07) is 4.36. The molecule has 4 rings (SSSR count). The third kappa shape index (κ3) is 4.28. The molecule has 3 aromatic rings. The molecule has 0 unspecified atom stereocenters. The summed E-state index contributed by atoms with van der Waals surface area (Å²) in [5.41, 5.74) is 1.14. The highest BCUT2D eigenvalue weighted by molar-refractivity contribution is 7.14. The summed E-state index contributed by atoms with van der Waals surface area (Å²) >= 11 is 1.24. The van der Waals surface area contributed by atoms with E-state index in [1.165, 1.54) is 30.5 Å². The van der Waals surface area contributed by atoms with Crippen molar-refractivity contribution >= 4 is 23.0 Å². The van der Waals surface area contributed by atoms with Crippen molar-refractivity contribution in [1.29, 1.82) is 0 Å². The van der Waals surface area contributed by atoms with Gasteiger partial charge in [0.25, 0.3) is 5.91 Å². The zero-order valence-corrected chi connectivity index (χ0v) is 20.3. The van der Waals surface area contributed by atoms with Crippen LogP contribution in [0.5, 0.6) is 11.5 Å². The van der Waals surface area contributed by atoms with Crippen molar-refractivity contribution in [1.82, 2.24) is 19.4 Å². The van der Waals surface area contributed by atoms with Crippen molar-refractivity contribution in [2.75, 3.05) is 20.8 Å². The van der Waals surface area contributed by atoms with Gasteiger partial charge in [-0.15, -0.1) is 11.3 Å². The van der Waals surface area contributed by atoms with Gasteiger partial charge in [-0.2, -0.15) is 0 Å². The van der Waals surface area contributed by atoms with E-state index in [1.54, 1.807) is 37.6 Å². The second-order valence-electron chi connectivity index (χ2n) is 7.90. The Morgan fingerprint density at radius 1 is 1.21 bits per heavy atom. The lowest BCUT2D eigenvalue weighted by atomic mass is 9.94. The number of rotatable bonds is 9. The predicted octanol–water partition coefficient (Wildman–Crippen LogP) is 3.64. The number of ether oxygens (including phenoxy) is 2. The van der Waals surface area contributed by atoms with Crippen molar-refractivity contribution in [3.05, 3.63) is 69.4 Å². The molecule has 10 heteroatoms. The van der Waals surface area contributed by atoms with Gasteiger partial charge in [-0.25, -0.2) is 9.97 Å². The minimum absolute atomic E-state index is 0.0194. The lowest BCUT2D eigenvalue weighted by Gasteiger charge is -2.28. The van der Waals surface area contributed by atoms with Crippen LogP contribution in [0.4, 0.5) is 0 Å². The molecule has 0 radical (unpaired) electrons. The van der Waals surface area contributed by atoms with Gasteiger partial charge in [-0.3, -0.25) is 9.59 Å². The Bertz CT molecular complexity index is 1250. The highest BCUT2D eigenvalue weighted by Gasteiger charge is 2.45. The number of methoxy groups -OCH3 is 2. The first kappa shape index (κ1) is 23.5. The highest BCUT2D eigenvalue weighted by atomic mass is 32.1. The standard InChI is InChI=1S/C24H26N4O5S/c1-14-23(34-15(2)26-14)21(29)19-20(17-12-16(32-3)6-7-18(17)33-4)28(24(31)22(19)30)10-5-9-27-11-8-25-13-27/h6-8,11-13,20,30H,5,9-10H2,1-4H3/t20-/m1/s1. The molecule has 3 heterocycles. The first-order valence-electron chi connectivity index (χ1n) is 10.8. The number of aryl methyl sites for hydroxylation is 3. The van der Waals surface area contributed by atoms with Crippen LogP contribution in [0.25, 0.3) is 0 Å². The van der Waals surface area contributed by atoms with Gasteiger partial charge in [-0.1, -0.05) is 0 Å². The molecular formula is C24H26N4O5S. The van der Waals surface area contributed by atoms with Gasteiger partial charge in [0, 0.05) is 31.0 Å². The van der Waals surface area contributed by atoms with Gasteiger partial charge in [0.2, 0.25) is 5.78 Å². The van der Waals surface area contributed by atoms with Crippen molar-refractivity contribution in [2.24, 2.45) is 0 Å². The van der Waals surface area contributed by atoms with Crippen LogP contribution in [0, 0.1) is 13.8 Å². The van der Waals surface area contributed by atoms with Crippen LogP contribution in [-0.2, 0) is 11.3 Å². The number of aliphatic hydroxyl groups is 1. The Morgan fingerprint density at radius 2 is 2.00 bits per heavy atom. The molecule has 0 spiro atoms. The number of aromatic nitrogens is 3. The smallest absolute Gasteiger partial charge is 0.290 e. The minimum atomic E-state index is -0.838. The molecule has 0 aliphatic carbocycles. The minimum Gasteiger partial charge on any atom is -0.503 e. The van der Waals surface area contributed by atoms with Crippen LogP contribution in [0.3, 0.4) is 0 Å². The first-order chi connectivity index (χ1) is 16.3. The third-order valence-corrected chi connectivity index (χ3v) is 6.84. The van der Waals surface area contributed by atoms with Crippen molar-refractivity contribution in [3.63, 3.8) is 0 Å². The average molecular weight is 483 g/mol. The van der Waals surface area contributed by atoms with Crippen molar-refractivity contribution in [3.8, 4) is 11.5 Å². The number of ketones is 1. The molecule has 1 aliphatic heterocycles. The molecule has 0 saturated carbocycles. The summed E-state index contributed by atoms with van der Waals surface area (Å²) in [5.74, 6) is -0.531. The maximum Gasteiger partial charge on any atom is 0.290 e. The molecule has 1 N–H and O–H groups in total.